The molecule has 1 aromatic heterocycles. The number of hydrogen-bond donors (Lipinski definition) is 1. The molecule has 1 saturated heterocycles. The summed E-state index contributed by atoms with van der Waals surface area (Å²) in [6.07, 6.45) is 1.56. The maximum Gasteiger partial charge on any atom is 0.270 e. The van der Waals surface area contributed by atoms with Gasteiger partial charge in [-0.25, -0.2) is 4.39 Å². The number of carbonyl (C=O) groups excluding carboxylic acids is 2. The Morgan fingerprint density at radius 2 is 1.75 bits per heavy atom. The lowest BCUT2D eigenvalue weighted by Gasteiger charge is -2.30. The fourth-order valence-corrected chi connectivity index (χ4v) is 4.31. The number of carbonyl (C=O) groups is 2. The number of rotatable bonds is 3. The number of halogens is 1. The molecule has 5 nitrogen and oxygen atoms in total. The van der Waals surface area contributed by atoms with Crippen molar-refractivity contribution in [1.29, 1.82) is 0 Å². The number of anilines is 1. The Hall–Kier alpha value is -3.58. The summed E-state index contributed by atoms with van der Waals surface area (Å²) < 4.78 is 15.6. The van der Waals surface area contributed by atoms with Gasteiger partial charge in [-0.2, -0.15) is 0 Å². The zero-order valence-corrected chi connectivity index (χ0v) is 19.0. The van der Waals surface area contributed by atoms with Crippen molar-refractivity contribution >= 4 is 40.9 Å². The van der Waals surface area contributed by atoms with Gasteiger partial charge in [0.2, 0.25) is 0 Å². The van der Waals surface area contributed by atoms with E-state index in [-0.39, 0.29) is 16.5 Å². The molecule has 0 bridgehead atoms. The first-order valence-corrected chi connectivity index (χ1v) is 10.5. The van der Waals surface area contributed by atoms with Crippen molar-refractivity contribution in [1.82, 2.24) is 9.88 Å². The lowest BCUT2D eigenvalue weighted by molar-refractivity contribution is -0.122. The van der Waals surface area contributed by atoms with Crippen molar-refractivity contribution in [3.05, 3.63) is 88.0 Å². The molecule has 2 heterocycles. The second-order valence-electron chi connectivity index (χ2n) is 7.89. The van der Waals surface area contributed by atoms with E-state index in [2.05, 4.69) is 5.32 Å². The van der Waals surface area contributed by atoms with Crippen molar-refractivity contribution in [2.45, 2.75) is 27.7 Å². The third-order valence-electron chi connectivity index (χ3n) is 5.53. The summed E-state index contributed by atoms with van der Waals surface area (Å²) >= 11 is 5.31. The Morgan fingerprint density at radius 3 is 2.44 bits per heavy atom. The predicted octanol–water partition coefficient (Wildman–Crippen LogP) is 4.68. The smallest absolute Gasteiger partial charge is 0.270 e. The lowest BCUT2D eigenvalue weighted by Crippen LogP contribution is -2.54. The van der Waals surface area contributed by atoms with E-state index in [0.29, 0.717) is 16.9 Å². The molecule has 0 radical (unpaired) electrons. The van der Waals surface area contributed by atoms with Gasteiger partial charge in [-0.15, -0.1) is 0 Å². The van der Waals surface area contributed by atoms with Crippen LogP contribution in [0.5, 0.6) is 0 Å². The second-order valence-corrected chi connectivity index (χ2v) is 8.28. The van der Waals surface area contributed by atoms with Gasteiger partial charge in [0, 0.05) is 17.1 Å². The summed E-state index contributed by atoms with van der Waals surface area (Å²) in [5.41, 5.74) is 5.55. The van der Waals surface area contributed by atoms with E-state index in [9.17, 15) is 14.0 Å². The Kier molecular flexibility index (Phi) is 5.52. The van der Waals surface area contributed by atoms with Crippen molar-refractivity contribution < 1.29 is 14.0 Å². The van der Waals surface area contributed by atoms with E-state index in [1.807, 2.05) is 56.5 Å². The van der Waals surface area contributed by atoms with Crippen LogP contribution in [-0.2, 0) is 9.59 Å². The molecule has 1 aliphatic heterocycles. The maximum absolute atomic E-state index is 13.8. The normalized spacial score (nSPS) is 15.5. The molecule has 162 valence electrons. The van der Waals surface area contributed by atoms with Gasteiger partial charge >= 0.3 is 0 Å². The van der Waals surface area contributed by atoms with Crippen LogP contribution in [0.2, 0.25) is 0 Å². The molecule has 0 unspecified atom stereocenters. The van der Waals surface area contributed by atoms with Gasteiger partial charge in [-0.3, -0.25) is 19.8 Å². The summed E-state index contributed by atoms with van der Waals surface area (Å²) in [5, 5.41) is 2.67. The van der Waals surface area contributed by atoms with E-state index in [1.54, 1.807) is 18.2 Å². The number of amides is 2. The first kappa shape index (κ1) is 21.6. The SMILES string of the molecule is Cc1ccc(N2C(=O)/C(=C/c3cc(C)n(-c4cccc(F)c4)c3C)C(=O)NC2=S)c(C)c1. The van der Waals surface area contributed by atoms with E-state index < -0.39 is 11.8 Å². The second kappa shape index (κ2) is 8.16. The van der Waals surface area contributed by atoms with Gasteiger partial charge in [0.1, 0.15) is 11.4 Å². The van der Waals surface area contributed by atoms with Crippen LogP contribution in [0.4, 0.5) is 10.1 Å². The number of aromatic nitrogens is 1. The largest absolute Gasteiger partial charge is 0.318 e. The highest BCUT2D eigenvalue weighted by Gasteiger charge is 2.35. The van der Waals surface area contributed by atoms with E-state index in [4.69, 9.17) is 12.2 Å². The average molecular weight is 448 g/mol. The van der Waals surface area contributed by atoms with E-state index >= 15 is 0 Å². The van der Waals surface area contributed by atoms with Crippen molar-refractivity contribution in [3.8, 4) is 5.69 Å². The van der Waals surface area contributed by atoms with Crippen LogP contribution in [0.15, 0.2) is 54.1 Å². The zero-order valence-electron chi connectivity index (χ0n) is 18.2. The predicted molar refractivity (Wildman–Crippen MR) is 127 cm³/mol. The van der Waals surface area contributed by atoms with Crippen LogP contribution in [-0.4, -0.2) is 21.5 Å². The minimum atomic E-state index is -0.545. The molecule has 1 aliphatic rings. The highest BCUT2D eigenvalue weighted by atomic mass is 32.1. The summed E-state index contributed by atoms with van der Waals surface area (Å²) in [7, 11) is 0. The Bertz CT molecular complexity index is 1320. The molecule has 1 fully saturated rings. The minimum absolute atomic E-state index is 0.0157. The maximum atomic E-state index is 13.8. The zero-order chi connectivity index (χ0) is 23.2. The number of aryl methyl sites for hydroxylation is 3. The molecule has 0 atom stereocenters. The Labute approximate surface area is 191 Å². The molecule has 7 heteroatoms. The third-order valence-corrected chi connectivity index (χ3v) is 5.82. The molecular formula is C25H22FN3O2S. The van der Waals surface area contributed by atoms with Crippen LogP contribution in [0.25, 0.3) is 11.8 Å². The first-order chi connectivity index (χ1) is 15.2. The van der Waals surface area contributed by atoms with Gasteiger partial charge in [0.25, 0.3) is 11.8 Å². The molecule has 3 aromatic rings. The molecule has 2 amide bonds. The molecular weight excluding hydrogens is 425 g/mol. The summed E-state index contributed by atoms with van der Waals surface area (Å²) in [6.45, 7) is 7.61. The molecule has 0 spiro atoms. The number of nitrogens with zero attached hydrogens (tertiary/aromatic N) is 2. The van der Waals surface area contributed by atoms with Crippen LogP contribution >= 0.6 is 12.2 Å². The van der Waals surface area contributed by atoms with Gasteiger partial charge in [-0.05, 0) is 87.4 Å². The van der Waals surface area contributed by atoms with Gasteiger partial charge in [0.05, 0.1) is 5.69 Å². The van der Waals surface area contributed by atoms with Gasteiger partial charge in [0.15, 0.2) is 5.11 Å². The van der Waals surface area contributed by atoms with Crippen molar-refractivity contribution in [2.24, 2.45) is 0 Å². The fourth-order valence-electron chi connectivity index (χ4n) is 4.03. The highest BCUT2D eigenvalue weighted by molar-refractivity contribution is 7.80. The van der Waals surface area contributed by atoms with E-state index in [1.165, 1.54) is 17.0 Å². The molecule has 2 aromatic carbocycles. The van der Waals surface area contributed by atoms with Crippen molar-refractivity contribution in [2.75, 3.05) is 4.90 Å². The van der Waals surface area contributed by atoms with Crippen LogP contribution in [0.1, 0.15) is 28.1 Å². The molecule has 0 saturated carbocycles. The van der Waals surface area contributed by atoms with Crippen LogP contribution in [0, 0.1) is 33.5 Å². The Morgan fingerprint density at radius 1 is 1.00 bits per heavy atom. The quantitative estimate of drug-likeness (QED) is 0.360. The minimum Gasteiger partial charge on any atom is -0.318 e. The number of benzene rings is 2. The highest BCUT2D eigenvalue weighted by Crippen LogP contribution is 2.28. The number of hydrogen-bond acceptors (Lipinski definition) is 3. The Balaban J connectivity index is 1.78. The van der Waals surface area contributed by atoms with Crippen LogP contribution in [0.3, 0.4) is 0 Å². The lowest BCUT2D eigenvalue weighted by atomic mass is 10.0. The molecule has 32 heavy (non-hydrogen) atoms. The average Bonchev–Trinajstić information content (AvgIpc) is 2.99. The molecule has 4 rings (SSSR count). The summed E-state index contributed by atoms with van der Waals surface area (Å²) in [4.78, 5) is 27.4. The third kappa shape index (κ3) is 3.76. The monoisotopic (exact) mass is 447 g/mol. The number of thiocarbonyl (C=S) groups is 1. The summed E-state index contributed by atoms with van der Waals surface area (Å²) in [6, 6.07) is 13.8. The molecule has 1 N–H and O–H groups in total. The topological polar surface area (TPSA) is 54.3 Å². The summed E-state index contributed by atoms with van der Waals surface area (Å²) in [5.74, 6) is -1.37. The van der Waals surface area contributed by atoms with E-state index in [0.717, 1.165) is 22.5 Å². The fraction of sp³-hybridized carbons (Fsp3) is 0.160. The van der Waals surface area contributed by atoms with Gasteiger partial charge in [-0.1, -0.05) is 23.8 Å². The standard InChI is InChI=1S/C25H22FN3O2S/c1-14-8-9-22(15(2)10-14)29-24(31)21(23(30)27-25(29)32)12-18-11-16(3)28(17(18)4)20-7-5-6-19(26)13-20/h5-13H,1-4H3,(H,27,30,32)/b21-12+. The first-order valence-electron chi connectivity index (χ1n) is 10.1. The molecule has 0 aliphatic carbocycles. The van der Waals surface area contributed by atoms with Crippen LogP contribution < -0.4 is 10.2 Å². The van der Waals surface area contributed by atoms with Gasteiger partial charge < -0.3 is 4.57 Å². The van der Waals surface area contributed by atoms with Crippen molar-refractivity contribution in [3.63, 3.8) is 0 Å². The number of nitrogens with one attached hydrogen (secondary N) is 1.